The molecule has 0 saturated carbocycles. The molecule has 0 aliphatic rings. The number of hydrogen-bond acceptors (Lipinski definition) is 2. The minimum atomic E-state index is 1.17. The van der Waals surface area contributed by atoms with Crippen molar-refractivity contribution in [1.29, 1.82) is 0 Å². The fourth-order valence-electron chi connectivity index (χ4n) is 7.27. The molecule has 9 aromatic rings. The monoisotopic (exact) mass is 750 g/mol. The van der Waals surface area contributed by atoms with E-state index in [1.54, 1.807) is 22.7 Å². The Kier molecular flexibility index (Phi) is 10.3. The van der Waals surface area contributed by atoms with Gasteiger partial charge in [0.15, 0.2) is 0 Å². The van der Waals surface area contributed by atoms with Crippen LogP contribution in [0, 0.1) is 0 Å². The molecule has 56 heavy (non-hydrogen) atoms. The minimum Gasteiger partial charge on any atom is -0.144 e. The Balaban J connectivity index is 1.14. The number of benzene rings is 7. The fourth-order valence-corrected chi connectivity index (χ4v) is 8.80. The molecule has 0 saturated heterocycles. The Morgan fingerprint density at radius 2 is 0.679 bits per heavy atom. The predicted molar refractivity (Wildman–Crippen MR) is 248 cm³/mol. The molecule has 0 radical (unpaired) electrons. The van der Waals surface area contributed by atoms with Crippen molar-refractivity contribution >= 4 is 91.8 Å². The fraction of sp³-hybridized carbons (Fsp3) is 0. The molecule has 0 amide bonds. The van der Waals surface area contributed by atoms with E-state index in [4.69, 9.17) is 0 Å². The Morgan fingerprint density at radius 1 is 0.304 bits per heavy atom. The first-order valence-electron chi connectivity index (χ1n) is 18.9. The summed E-state index contributed by atoms with van der Waals surface area (Å²) in [4.78, 5) is 2.51. The lowest BCUT2D eigenvalue weighted by atomic mass is 9.95. The predicted octanol–water partition coefficient (Wildman–Crippen LogP) is 15.6. The van der Waals surface area contributed by atoms with Crippen molar-refractivity contribution in [3.8, 4) is 0 Å². The molecular formula is C54H38S2. The van der Waals surface area contributed by atoms with E-state index >= 15 is 0 Å². The summed E-state index contributed by atoms with van der Waals surface area (Å²) in [5.41, 5.74) is 11.9. The molecule has 0 nitrogen and oxygen atoms in total. The Bertz CT molecular complexity index is 2670. The van der Waals surface area contributed by atoms with E-state index in [0.717, 1.165) is 0 Å². The van der Waals surface area contributed by atoms with Gasteiger partial charge >= 0.3 is 0 Å². The zero-order chi connectivity index (χ0) is 37.5. The van der Waals surface area contributed by atoms with Gasteiger partial charge in [-0.15, -0.1) is 22.7 Å². The highest BCUT2D eigenvalue weighted by Crippen LogP contribution is 2.34. The summed E-state index contributed by atoms with van der Waals surface area (Å²) in [6.45, 7) is 0. The van der Waals surface area contributed by atoms with E-state index in [1.165, 1.54) is 87.0 Å². The molecule has 7 aromatic carbocycles. The zero-order valence-corrected chi connectivity index (χ0v) is 32.4. The van der Waals surface area contributed by atoms with Gasteiger partial charge in [0.1, 0.15) is 0 Å². The van der Waals surface area contributed by atoms with E-state index in [9.17, 15) is 0 Å². The van der Waals surface area contributed by atoms with Crippen molar-refractivity contribution in [1.82, 2.24) is 0 Å². The molecule has 0 atom stereocenters. The van der Waals surface area contributed by atoms with Crippen LogP contribution in [0.3, 0.4) is 0 Å². The maximum Gasteiger partial charge on any atom is 0.0348 e. The van der Waals surface area contributed by atoms with Gasteiger partial charge in [-0.3, -0.25) is 0 Å². The van der Waals surface area contributed by atoms with Crippen LogP contribution in [0.15, 0.2) is 193 Å². The molecule has 2 heteroatoms. The second-order valence-electron chi connectivity index (χ2n) is 13.8. The van der Waals surface area contributed by atoms with Crippen molar-refractivity contribution in [3.63, 3.8) is 0 Å². The highest BCUT2D eigenvalue weighted by molar-refractivity contribution is 7.11. The third kappa shape index (κ3) is 7.80. The topological polar surface area (TPSA) is 0 Å². The largest absolute Gasteiger partial charge is 0.144 e. The van der Waals surface area contributed by atoms with E-state index in [2.05, 4.69) is 229 Å². The van der Waals surface area contributed by atoms with Gasteiger partial charge in [0.25, 0.3) is 0 Å². The average molecular weight is 751 g/mol. The molecule has 0 bridgehead atoms. The van der Waals surface area contributed by atoms with Crippen LogP contribution < -0.4 is 0 Å². The maximum absolute atomic E-state index is 2.34. The summed E-state index contributed by atoms with van der Waals surface area (Å²) in [5, 5.41) is 9.24. The molecule has 2 heterocycles. The second-order valence-corrected chi connectivity index (χ2v) is 15.7. The summed E-state index contributed by atoms with van der Waals surface area (Å²) in [6, 6.07) is 65.3. The van der Waals surface area contributed by atoms with Crippen LogP contribution in [-0.4, -0.2) is 0 Å². The zero-order valence-electron chi connectivity index (χ0n) is 30.8. The highest BCUT2D eigenvalue weighted by atomic mass is 32.1. The molecule has 0 aliphatic heterocycles. The summed E-state index contributed by atoms with van der Waals surface area (Å²) < 4.78 is 0. The highest BCUT2D eigenvalue weighted by Gasteiger charge is 2.10. The Labute approximate surface area is 337 Å². The van der Waals surface area contributed by atoms with Gasteiger partial charge in [0.05, 0.1) is 0 Å². The van der Waals surface area contributed by atoms with Crippen LogP contribution in [0.5, 0.6) is 0 Å². The van der Waals surface area contributed by atoms with Gasteiger partial charge in [-0.2, -0.15) is 0 Å². The Hall–Kier alpha value is -6.58. The third-order valence-electron chi connectivity index (χ3n) is 10.1. The van der Waals surface area contributed by atoms with Crippen molar-refractivity contribution in [2.24, 2.45) is 0 Å². The molecule has 0 unspecified atom stereocenters. The van der Waals surface area contributed by atoms with E-state index in [-0.39, 0.29) is 0 Å². The van der Waals surface area contributed by atoms with Gasteiger partial charge in [0.2, 0.25) is 0 Å². The molecular weight excluding hydrogens is 713 g/mol. The van der Waals surface area contributed by atoms with Crippen LogP contribution >= 0.6 is 22.7 Å². The molecule has 0 aliphatic carbocycles. The smallest absolute Gasteiger partial charge is 0.0348 e. The Morgan fingerprint density at radius 3 is 1.09 bits per heavy atom. The lowest BCUT2D eigenvalue weighted by molar-refractivity contribution is 1.58. The minimum absolute atomic E-state index is 1.17. The first kappa shape index (κ1) is 35.1. The summed E-state index contributed by atoms with van der Waals surface area (Å²) in [5.74, 6) is 0. The van der Waals surface area contributed by atoms with Crippen molar-refractivity contribution in [2.45, 2.75) is 0 Å². The molecule has 0 fully saturated rings. The molecule has 2 aromatic heterocycles. The van der Waals surface area contributed by atoms with Gasteiger partial charge in [-0.05, 0) is 137 Å². The van der Waals surface area contributed by atoms with E-state index in [1.807, 2.05) is 0 Å². The first-order valence-corrected chi connectivity index (χ1v) is 20.6. The first-order chi connectivity index (χ1) is 27.7. The standard InChI is InChI=1S/C54H38S2/c1-3-17-41(18-4-1)51(53-25-13-31-55-53)37-45-23-9-7-15-39(45)27-29-47-35-49-33-43-21-11-12-22-44(43)34-50(49)36-48(47)30-28-40-16-8-10-24-46(40)38-52(54-26-14-32-56-54)42-19-5-2-6-20-42/h1-38H. The molecule has 0 N–H and O–H groups in total. The van der Waals surface area contributed by atoms with Gasteiger partial charge in [0, 0.05) is 9.75 Å². The number of hydrogen-bond donors (Lipinski definition) is 0. The van der Waals surface area contributed by atoms with Gasteiger partial charge in [-0.1, -0.05) is 170 Å². The van der Waals surface area contributed by atoms with Crippen LogP contribution in [0.25, 0.3) is 69.1 Å². The number of rotatable bonds is 10. The van der Waals surface area contributed by atoms with E-state index in [0.29, 0.717) is 0 Å². The molecule has 9 rings (SSSR count). The normalized spacial score (nSPS) is 12.4. The number of thiophene rings is 2. The summed E-state index contributed by atoms with van der Waals surface area (Å²) in [7, 11) is 0. The lowest BCUT2D eigenvalue weighted by Crippen LogP contribution is -1.88. The van der Waals surface area contributed by atoms with Crippen molar-refractivity contribution in [2.75, 3.05) is 0 Å². The second kappa shape index (κ2) is 16.4. The van der Waals surface area contributed by atoms with E-state index < -0.39 is 0 Å². The summed E-state index contributed by atoms with van der Waals surface area (Å²) >= 11 is 3.55. The van der Waals surface area contributed by atoms with Crippen LogP contribution in [0.2, 0.25) is 0 Å². The van der Waals surface area contributed by atoms with Crippen molar-refractivity contribution in [3.05, 3.63) is 247 Å². The van der Waals surface area contributed by atoms with Gasteiger partial charge in [-0.25, -0.2) is 0 Å². The third-order valence-corrected chi connectivity index (χ3v) is 11.9. The molecule has 0 spiro atoms. The van der Waals surface area contributed by atoms with Crippen LogP contribution in [0.4, 0.5) is 0 Å². The maximum atomic E-state index is 2.34. The average Bonchev–Trinajstić information content (AvgIpc) is 4.00. The lowest BCUT2D eigenvalue weighted by Gasteiger charge is -2.10. The summed E-state index contributed by atoms with van der Waals surface area (Å²) in [6.07, 6.45) is 13.8. The van der Waals surface area contributed by atoms with Crippen LogP contribution in [0.1, 0.15) is 54.3 Å². The molecule has 266 valence electrons. The SMILES string of the molecule is C(=Cc1cc2cc3ccccc3cc2cc1C=Cc1ccccc1C=C(c1ccccc1)c1cccs1)c1ccccc1C=C(c1ccccc1)c1cccs1. The number of fused-ring (bicyclic) bond motifs is 2. The van der Waals surface area contributed by atoms with Crippen molar-refractivity contribution < 1.29 is 0 Å². The van der Waals surface area contributed by atoms with Gasteiger partial charge < -0.3 is 0 Å². The van der Waals surface area contributed by atoms with Crippen LogP contribution in [-0.2, 0) is 0 Å². The quantitative estimate of drug-likeness (QED) is 0.0964.